The molecule has 0 amide bonds. The Bertz CT molecular complexity index is 1280. The predicted molar refractivity (Wildman–Crippen MR) is 203 cm³/mol. The maximum absolute atomic E-state index is 13.4. The molecule has 0 radical (unpaired) electrons. The molecular formula is C42H71N3O9. The van der Waals surface area contributed by atoms with E-state index in [2.05, 4.69) is 23.6 Å². The maximum atomic E-state index is 13.4. The normalized spacial score (nSPS) is 48.1. The largest absolute Gasteiger partial charge is 0.481 e. The fourth-order valence-corrected chi connectivity index (χ4v) is 13.4. The van der Waals surface area contributed by atoms with Crippen molar-refractivity contribution in [1.82, 2.24) is 10.6 Å². The van der Waals surface area contributed by atoms with Gasteiger partial charge in [0, 0.05) is 31.7 Å². The maximum Gasteiger partial charge on any atom is 0.311 e. The minimum atomic E-state index is -0.835. The van der Waals surface area contributed by atoms with Crippen LogP contribution in [0.3, 0.4) is 0 Å². The second kappa shape index (κ2) is 17.3. The van der Waals surface area contributed by atoms with Crippen LogP contribution in [0.25, 0.3) is 0 Å². The number of carbonyl (C=O) groups is 1. The molecule has 6 fully saturated rings. The standard InChI is InChI=1S/C42H71N3O9/c1-24-22-41(13-4-5-14-41)42(30(9-10-31(42)40(49)50)26-12-15-44-38(43)19-26)37(45-24)23-53-36-18-27(17-35(52-3)39(36)48)33-21-28(46)20-29(54-33)8-6-25-7-11-32(47)34(16-25)51-2/h9-10,24-39,44-48H,4-8,11-23,43H2,1-3H3,(H,49,50). The van der Waals surface area contributed by atoms with E-state index in [9.17, 15) is 25.2 Å². The highest BCUT2D eigenvalue weighted by atomic mass is 16.5. The van der Waals surface area contributed by atoms with Crippen molar-refractivity contribution < 1.29 is 44.2 Å². The molecule has 17 unspecified atom stereocenters. The number of aliphatic carboxylic acids is 1. The molecule has 7 aliphatic rings. The van der Waals surface area contributed by atoms with Gasteiger partial charge < -0.3 is 55.7 Å². The molecule has 308 valence electrons. The Hall–Kier alpha value is -1.19. The molecule has 3 saturated heterocycles. The van der Waals surface area contributed by atoms with E-state index in [1.807, 2.05) is 6.08 Å². The molecule has 0 aromatic heterocycles. The fraction of sp³-hybridized carbons (Fsp3) is 0.929. The first kappa shape index (κ1) is 41.0. The van der Waals surface area contributed by atoms with Crippen molar-refractivity contribution in [1.29, 1.82) is 0 Å². The van der Waals surface area contributed by atoms with Crippen molar-refractivity contribution in [2.75, 3.05) is 27.4 Å². The summed E-state index contributed by atoms with van der Waals surface area (Å²) in [7, 11) is 3.31. The van der Waals surface area contributed by atoms with Crippen molar-refractivity contribution in [2.24, 2.45) is 46.2 Å². The highest BCUT2D eigenvalue weighted by molar-refractivity contribution is 5.75. The molecule has 2 spiro atoms. The zero-order valence-electron chi connectivity index (χ0n) is 33.0. The van der Waals surface area contributed by atoms with Crippen molar-refractivity contribution in [3.8, 4) is 0 Å². The van der Waals surface area contributed by atoms with Gasteiger partial charge in [0.25, 0.3) is 0 Å². The number of nitrogens with two attached hydrogens (primary N) is 1. The first-order valence-electron chi connectivity index (χ1n) is 21.5. The van der Waals surface area contributed by atoms with E-state index in [1.165, 1.54) is 0 Å². The summed E-state index contributed by atoms with van der Waals surface area (Å²) in [6.45, 7) is 3.36. The quantitative estimate of drug-likeness (QED) is 0.152. The van der Waals surface area contributed by atoms with Gasteiger partial charge in [0.05, 0.1) is 61.4 Å². The molecule has 54 heavy (non-hydrogen) atoms. The molecule has 17 atom stereocenters. The van der Waals surface area contributed by atoms with E-state index in [-0.39, 0.29) is 59.7 Å². The number of hydrogen-bond acceptors (Lipinski definition) is 11. The summed E-state index contributed by atoms with van der Waals surface area (Å²) in [6.07, 6.45) is 14.8. The van der Waals surface area contributed by atoms with E-state index in [1.54, 1.807) is 14.2 Å². The highest BCUT2D eigenvalue weighted by Crippen LogP contribution is 2.68. The first-order valence-corrected chi connectivity index (χ1v) is 21.5. The Morgan fingerprint density at radius 3 is 2.39 bits per heavy atom. The molecule has 8 N–H and O–H groups in total. The van der Waals surface area contributed by atoms with E-state index in [0.29, 0.717) is 38.2 Å². The predicted octanol–water partition coefficient (Wildman–Crippen LogP) is 3.49. The Labute approximate surface area is 322 Å². The molecule has 12 nitrogen and oxygen atoms in total. The summed E-state index contributed by atoms with van der Waals surface area (Å²) in [4.78, 5) is 13.4. The lowest BCUT2D eigenvalue weighted by molar-refractivity contribution is -0.193. The molecule has 0 aromatic rings. The number of hydrogen-bond donors (Lipinski definition) is 7. The number of aliphatic hydroxyl groups excluding tert-OH is 3. The number of carboxylic acid groups (broad SMARTS) is 1. The molecule has 0 aromatic carbocycles. The van der Waals surface area contributed by atoms with Crippen LogP contribution >= 0.6 is 0 Å². The zero-order valence-corrected chi connectivity index (χ0v) is 33.0. The van der Waals surface area contributed by atoms with Gasteiger partial charge in [-0.1, -0.05) is 25.0 Å². The van der Waals surface area contributed by atoms with Gasteiger partial charge in [-0.3, -0.25) is 4.79 Å². The van der Waals surface area contributed by atoms with Gasteiger partial charge >= 0.3 is 5.97 Å². The van der Waals surface area contributed by atoms with Crippen LogP contribution in [0.4, 0.5) is 0 Å². The third-order valence-electron chi connectivity index (χ3n) is 15.7. The highest BCUT2D eigenvalue weighted by Gasteiger charge is 2.69. The molecule has 4 aliphatic carbocycles. The number of rotatable bonds is 11. The summed E-state index contributed by atoms with van der Waals surface area (Å²) in [5.41, 5.74) is 5.78. The second-order valence-corrected chi connectivity index (χ2v) is 18.7. The third kappa shape index (κ3) is 7.96. The molecule has 3 heterocycles. The third-order valence-corrected chi connectivity index (χ3v) is 15.7. The molecule has 3 aliphatic heterocycles. The number of allylic oxidation sites excluding steroid dienone is 1. The van der Waals surface area contributed by atoms with Crippen LogP contribution in [0, 0.1) is 40.4 Å². The lowest BCUT2D eigenvalue weighted by Gasteiger charge is -2.63. The summed E-state index contributed by atoms with van der Waals surface area (Å²) in [5, 5.41) is 51.3. The van der Waals surface area contributed by atoms with E-state index in [4.69, 9.17) is 24.7 Å². The van der Waals surface area contributed by atoms with Gasteiger partial charge in [0.15, 0.2) is 0 Å². The Balaban J connectivity index is 1.09. The minimum absolute atomic E-state index is 0.0285. The van der Waals surface area contributed by atoms with E-state index in [0.717, 1.165) is 83.6 Å². The lowest BCUT2D eigenvalue weighted by Crippen LogP contribution is -2.70. The Kier molecular flexibility index (Phi) is 13.2. The van der Waals surface area contributed by atoms with Gasteiger partial charge in [0.1, 0.15) is 6.10 Å². The first-order chi connectivity index (χ1) is 26.0. The average molecular weight is 762 g/mol. The average Bonchev–Trinajstić information content (AvgIpc) is 3.79. The van der Waals surface area contributed by atoms with Gasteiger partial charge in [0.2, 0.25) is 0 Å². The van der Waals surface area contributed by atoms with Gasteiger partial charge in [-0.25, -0.2) is 0 Å². The van der Waals surface area contributed by atoms with Crippen LogP contribution in [0.2, 0.25) is 0 Å². The Morgan fingerprint density at radius 1 is 0.907 bits per heavy atom. The van der Waals surface area contributed by atoms with Gasteiger partial charge in [-0.15, -0.1) is 0 Å². The molecule has 3 saturated carbocycles. The number of nitrogens with one attached hydrogen (secondary N) is 2. The lowest BCUT2D eigenvalue weighted by atomic mass is 9.45. The molecule has 7 rings (SSSR count). The smallest absolute Gasteiger partial charge is 0.311 e. The van der Waals surface area contributed by atoms with Crippen LogP contribution in [0.15, 0.2) is 12.2 Å². The molecule has 0 bridgehead atoms. The van der Waals surface area contributed by atoms with Crippen molar-refractivity contribution in [2.45, 2.75) is 177 Å². The van der Waals surface area contributed by atoms with Crippen molar-refractivity contribution >= 4 is 5.97 Å². The van der Waals surface area contributed by atoms with Crippen LogP contribution in [-0.2, 0) is 23.7 Å². The van der Waals surface area contributed by atoms with Crippen LogP contribution in [0.1, 0.15) is 110 Å². The molecular weight excluding hydrogens is 690 g/mol. The monoisotopic (exact) mass is 762 g/mol. The topological polar surface area (TPSA) is 185 Å². The summed E-state index contributed by atoms with van der Waals surface area (Å²) >= 11 is 0. The second-order valence-electron chi connectivity index (χ2n) is 18.7. The summed E-state index contributed by atoms with van der Waals surface area (Å²) in [5.74, 6) is -0.579. The SMILES string of the molecule is COC1CC(CCC2CC(O)CC(C3CC(OC)C(O)C(OCC4NC(C)CC5(CCCC5)C45C(C(=O)O)C=CC5C4CCNC(N)C4)C3)O2)CCC1O. The fourth-order valence-electron chi connectivity index (χ4n) is 13.4. The van der Waals surface area contributed by atoms with E-state index < -0.39 is 47.8 Å². The number of fused-ring (bicyclic) bond motifs is 1. The Morgan fingerprint density at radius 2 is 1.67 bits per heavy atom. The number of aliphatic hydroxyl groups is 3. The number of ether oxygens (including phenoxy) is 4. The summed E-state index contributed by atoms with van der Waals surface area (Å²) < 4.78 is 25.1. The van der Waals surface area contributed by atoms with Crippen molar-refractivity contribution in [3.05, 3.63) is 12.2 Å². The van der Waals surface area contributed by atoms with Gasteiger partial charge in [-0.2, -0.15) is 0 Å². The van der Waals surface area contributed by atoms with Crippen molar-refractivity contribution in [3.63, 3.8) is 0 Å². The van der Waals surface area contributed by atoms with Crippen LogP contribution in [-0.4, -0.2) is 121 Å². The number of carboxylic acids is 1. The van der Waals surface area contributed by atoms with Gasteiger partial charge in [-0.05, 0) is 132 Å². The zero-order chi connectivity index (χ0) is 38.2. The van der Waals surface area contributed by atoms with Crippen LogP contribution < -0.4 is 16.4 Å². The minimum Gasteiger partial charge on any atom is -0.481 e. The molecule has 12 heteroatoms. The summed E-state index contributed by atoms with van der Waals surface area (Å²) in [6, 6.07) is -0.0203. The van der Waals surface area contributed by atoms with Crippen LogP contribution in [0.5, 0.6) is 0 Å². The van der Waals surface area contributed by atoms with E-state index >= 15 is 0 Å². The number of piperidine rings is 2. The number of methoxy groups -OCH3 is 2.